The van der Waals surface area contributed by atoms with Crippen molar-refractivity contribution in [3.8, 4) is 11.5 Å². The van der Waals surface area contributed by atoms with Crippen LogP contribution in [0.4, 0.5) is 0 Å². The zero-order valence-electron chi connectivity index (χ0n) is 7.37. The average molecular weight is 211 g/mol. The summed E-state index contributed by atoms with van der Waals surface area (Å²) in [5.41, 5.74) is 1.67. The maximum absolute atomic E-state index is 10.7. The molecule has 5 heteroatoms. The van der Waals surface area contributed by atoms with Crippen LogP contribution in [0.15, 0.2) is 27.4 Å². The molecule has 0 amide bonds. The third kappa shape index (κ3) is 1.56. The van der Waals surface area contributed by atoms with Gasteiger partial charge in [0.1, 0.15) is 0 Å². The van der Waals surface area contributed by atoms with Gasteiger partial charge in [-0.1, -0.05) is 17.7 Å². The van der Waals surface area contributed by atoms with Crippen LogP contribution in [-0.2, 0) is 0 Å². The van der Waals surface area contributed by atoms with E-state index in [2.05, 4.69) is 10.2 Å². The van der Waals surface area contributed by atoms with E-state index < -0.39 is 5.76 Å². The Morgan fingerprint density at radius 1 is 1.50 bits per heavy atom. The zero-order chi connectivity index (χ0) is 10.1. The highest BCUT2D eigenvalue weighted by atomic mass is 35.5. The zero-order valence-corrected chi connectivity index (χ0v) is 8.13. The Kier molecular flexibility index (Phi) is 2.13. The van der Waals surface area contributed by atoms with Gasteiger partial charge in [-0.15, -0.1) is 5.10 Å². The summed E-state index contributed by atoms with van der Waals surface area (Å²) in [6, 6.07) is 5.31. The van der Waals surface area contributed by atoms with Gasteiger partial charge in [-0.3, -0.25) is 0 Å². The predicted molar refractivity (Wildman–Crippen MR) is 52.3 cm³/mol. The number of aromatic amines is 1. The monoisotopic (exact) mass is 210 g/mol. The Morgan fingerprint density at radius 3 is 2.93 bits per heavy atom. The largest absolute Gasteiger partial charge is 0.434 e. The van der Waals surface area contributed by atoms with E-state index in [1.54, 1.807) is 12.1 Å². The van der Waals surface area contributed by atoms with E-state index in [1.807, 2.05) is 13.0 Å². The standard InChI is InChI=1S/C9H7ClN2O2/c1-5-2-3-6(10)4-7(5)8-11-12-9(13)14-8/h2-4H,1H3,(H,12,13). The maximum atomic E-state index is 10.7. The lowest BCUT2D eigenvalue weighted by Crippen LogP contribution is -1.93. The van der Waals surface area contributed by atoms with E-state index in [9.17, 15) is 4.79 Å². The number of nitrogens with zero attached hydrogens (tertiary/aromatic N) is 1. The molecule has 2 rings (SSSR count). The normalized spacial score (nSPS) is 10.4. The van der Waals surface area contributed by atoms with Crippen molar-refractivity contribution in [1.29, 1.82) is 0 Å². The maximum Gasteiger partial charge on any atom is 0.434 e. The molecule has 0 radical (unpaired) electrons. The highest BCUT2D eigenvalue weighted by molar-refractivity contribution is 6.30. The summed E-state index contributed by atoms with van der Waals surface area (Å²) < 4.78 is 4.82. The number of hydrogen-bond acceptors (Lipinski definition) is 3. The lowest BCUT2D eigenvalue weighted by Gasteiger charge is -1.99. The van der Waals surface area contributed by atoms with Crippen LogP contribution in [0.25, 0.3) is 11.5 Å². The molecule has 0 bridgehead atoms. The van der Waals surface area contributed by atoms with Crippen LogP contribution in [0, 0.1) is 6.92 Å². The molecule has 0 saturated carbocycles. The first kappa shape index (κ1) is 9.02. The molecule has 0 aliphatic carbocycles. The van der Waals surface area contributed by atoms with E-state index in [1.165, 1.54) is 0 Å². The van der Waals surface area contributed by atoms with E-state index in [-0.39, 0.29) is 5.89 Å². The van der Waals surface area contributed by atoms with Gasteiger partial charge in [0.25, 0.3) is 0 Å². The molecule has 2 aromatic rings. The van der Waals surface area contributed by atoms with E-state index in [4.69, 9.17) is 16.0 Å². The Labute approximate surface area is 84.5 Å². The quantitative estimate of drug-likeness (QED) is 0.783. The summed E-state index contributed by atoms with van der Waals surface area (Å²) in [6.45, 7) is 1.89. The van der Waals surface area contributed by atoms with Crippen LogP contribution < -0.4 is 5.76 Å². The molecule has 0 unspecified atom stereocenters. The number of rotatable bonds is 1. The van der Waals surface area contributed by atoms with Gasteiger partial charge in [-0.25, -0.2) is 9.89 Å². The number of aromatic nitrogens is 2. The van der Waals surface area contributed by atoms with Crippen molar-refractivity contribution in [3.05, 3.63) is 39.3 Å². The number of hydrogen-bond donors (Lipinski definition) is 1. The topological polar surface area (TPSA) is 58.9 Å². The summed E-state index contributed by atoms with van der Waals surface area (Å²) in [4.78, 5) is 10.7. The second-order valence-electron chi connectivity index (χ2n) is 2.88. The van der Waals surface area contributed by atoms with Crippen molar-refractivity contribution < 1.29 is 4.42 Å². The lowest BCUT2D eigenvalue weighted by molar-refractivity contribution is 0.526. The summed E-state index contributed by atoms with van der Waals surface area (Å²) in [6.07, 6.45) is 0. The molecular weight excluding hydrogens is 204 g/mol. The SMILES string of the molecule is Cc1ccc(Cl)cc1-c1n[nH]c(=O)o1. The fraction of sp³-hybridized carbons (Fsp3) is 0.111. The minimum absolute atomic E-state index is 0.259. The number of H-pyrrole nitrogens is 1. The molecule has 72 valence electrons. The molecule has 1 N–H and O–H groups in total. The summed E-state index contributed by atoms with van der Waals surface area (Å²) in [5, 5.41) is 6.50. The fourth-order valence-corrected chi connectivity index (χ4v) is 1.34. The molecule has 0 aliphatic rings. The molecule has 0 aliphatic heterocycles. The second-order valence-corrected chi connectivity index (χ2v) is 3.31. The Hall–Kier alpha value is -1.55. The fourth-order valence-electron chi connectivity index (χ4n) is 1.17. The van der Waals surface area contributed by atoms with Crippen LogP contribution in [0.5, 0.6) is 0 Å². The Balaban J connectivity index is 2.61. The van der Waals surface area contributed by atoms with Gasteiger partial charge in [0.15, 0.2) is 0 Å². The van der Waals surface area contributed by atoms with Gasteiger partial charge in [-0.2, -0.15) is 0 Å². The molecule has 1 heterocycles. The highest BCUT2D eigenvalue weighted by Gasteiger charge is 2.08. The number of halogens is 1. The smallest absolute Gasteiger partial charge is 0.388 e. The molecule has 0 atom stereocenters. The number of nitrogens with one attached hydrogen (secondary N) is 1. The summed E-state index contributed by atoms with van der Waals surface area (Å²) >= 11 is 5.82. The van der Waals surface area contributed by atoms with Gasteiger partial charge in [0.05, 0.1) is 0 Å². The van der Waals surface area contributed by atoms with Crippen molar-refractivity contribution >= 4 is 11.6 Å². The van der Waals surface area contributed by atoms with Crippen molar-refractivity contribution in [2.24, 2.45) is 0 Å². The van der Waals surface area contributed by atoms with E-state index in [0.717, 1.165) is 11.1 Å². The molecule has 1 aromatic carbocycles. The van der Waals surface area contributed by atoms with Crippen LogP contribution >= 0.6 is 11.6 Å². The predicted octanol–water partition coefficient (Wildman–Crippen LogP) is 1.99. The Bertz CT molecular complexity index is 516. The first-order valence-corrected chi connectivity index (χ1v) is 4.36. The average Bonchev–Trinajstić information content (AvgIpc) is 2.56. The molecule has 4 nitrogen and oxygen atoms in total. The first-order chi connectivity index (χ1) is 6.66. The van der Waals surface area contributed by atoms with Crippen molar-refractivity contribution in [3.63, 3.8) is 0 Å². The minimum Gasteiger partial charge on any atom is -0.388 e. The first-order valence-electron chi connectivity index (χ1n) is 3.99. The number of aryl methyl sites for hydroxylation is 1. The third-order valence-electron chi connectivity index (χ3n) is 1.87. The van der Waals surface area contributed by atoms with E-state index >= 15 is 0 Å². The van der Waals surface area contributed by atoms with Gasteiger partial charge in [0.2, 0.25) is 5.89 Å². The molecular formula is C9H7ClN2O2. The molecule has 0 fully saturated rings. The van der Waals surface area contributed by atoms with Crippen molar-refractivity contribution in [2.75, 3.05) is 0 Å². The third-order valence-corrected chi connectivity index (χ3v) is 2.10. The van der Waals surface area contributed by atoms with Gasteiger partial charge < -0.3 is 4.42 Å². The highest BCUT2D eigenvalue weighted by Crippen LogP contribution is 2.23. The summed E-state index contributed by atoms with van der Waals surface area (Å²) in [5.74, 6) is -0.311. The molecule has 1 aromatic heterocycles. The second kappa shape index (κ2) is 3.31. The van der Waals surface area contributed by atoms with Gasteiger partial charge in [0, 0.05) is 10.6 Å². The van der Waals surface area contributed by atoms with Crippen LogP contribution in [0.2, 0.25) is 5.02 Å². The summed E-state index contributed by atoms with van der Waals surface area (Å²) in [7, 11) is 0. The van der Waals surface area contributed by atoms with Crippen LogP contribution in [-0.4, -0.2) is 10.2 Å². The minimum atomic E-state index is -0.570. The van der Waals surface area contributed by atoms with Gasteiger partial charge in [-0.05, 0) is 24.6 Å². The molecule has 0 spiro atoms. The lowest BCUT2D eigenvalue weighted by atomic mass is 10.1. The van der Waals surface area contributed by atoms with Crippen molar-refractivity contribution in [2.45, 2.75) is 6.92 Å². The van der Waals surface area contributed by atoms with Crippen LogP contribution in [0.3, 0.4) is 0 Å². The number of benzene rings is 1. The van der Waals surface area contributed by atoms with Gasteiger partial charge >= 0.3 is 5.76 Å². The van der Waals surface area contributed by atoms with Crippen molar-refractivity contribution in [1.82, 2.24) is 10.2 Å². The molecule has 0 saturated heterocycles. The van der Waals surface area contributed by atoms with E-state index in [0.29, 0.717) is 5.02 Å². The Morgan fingerprint density at radius 2 is 2.29 bits per heavy atom. The van der Waals surface area contributed by atoms with Crippen LogP contribution in [0.1, 0.15) is 5.56 Å². The molecule has 14 heavy (non-hydrogen) atoms.